The standard InChI is InChI=1S/C12H21N3OS/c1-4-9-7-17-11(14-9)15-6-10(5-13)16-12(2,3)8-15/h7,10H,4-6,8,13H2,1-3H3. The Morgan fingerprint density at radius 2 is 2.41 bits per heavy atom. The highest BCUT2D eigenvalue weighted by Gasteiger charge is 2.33. The monoisotopic (exact) mass is 255 g/mol. The molecular formula is C12H21N3OS. The van der Waals surface area contributed by atoms with Crippen LogP contribution in [0.1, 0.15) is 26.5 Å². The summed E-state index contributed by atoms with van der Waals surface area (Å²) in [7, 11) is 0. The van der Waals surface area contributed by atoms with Crippen LogP contribution in [0.2, 0.25) is 0 Å². The number of thiazole rings is 1. The van der Waals surface area contributed by atoms with E-state index in [-0.39, 0.29) is 11.7 Å². The zero-order valence-electron chi connectivity index (χ0n) is 10.8. The maximum absolute atomic E-state index is 5.92. The summed E-state index contributed by atoms with van der Waals surface area (Å²) < 4.78 is 5.92. The highest BCUT2D eigenvalue weighted by molar-refractivity contribution is 7.13. The number of rotatable bonds is 3. The molecule has 1 aromatic heterocycles. The number of anilines is 1. The quantitative estimate of drug-likeness (QED) is 0.892. The van der Waals surface area contributed by atoms with Gasteiger partial charge in [-0.2, -0.15) is 0 Å². The highest BCUT2D eigenvalue weighted by Crippen LogP contribution is 2.28. The van der Waals surface area contributed by atoms with E-state index in [0.29, 0.717) is 6.54 Å². The summed E-state index contributed by atoms with van der Waals surface area (Å²) in [5, 5.41) is 3.23. The normalized spacial score (nSPS) is 24.0. The molecule has 17 heavy (non-hydrogen) atoms. The molecule has 0 amide bonds. The molecule has 2 heterocycles. The van der Waals surface area contributed by atoms with Crippen LogP contribution in [0.3, 0.4) is 0 Å². The fraction of sp³-hybridized carbons (Fsp3) is 0.750. The minimum atomic E-state index is -0.152. The molecule has 0 aliphatic carbocycles. The zero-order chi connectivity index (χ0) is 12.5. The molecule has 2 rings (SSSR count). The van der Waals surface area contributed by atoms with E-state index in [9.17, 15) is 0 Å². The van der Waals surface area contributed by atoms with Crippen molar-refractivity contribution in [1.82, 2.24) is 4.98 Å². The summed E-state index contributed by atoms with van der Waals surface area (Å²) in [6.45, 7) is 8.62. The average Bonchev–Trinajstić information content (AvgIpc) is 2.75. The first kappa shape index (κ1) is 12.8. The molecule has 4 nitrogen and oxygen atoms in total. The molecular weight excluding hydrogens is 234 g/mol. The third-order valence-electron chi connectivity index (χ3n) is 2.92. The average molecular weight is 255 g/mol. The summed E-state index contributed by atoms with van der Waals surface area (Å²) in [6.07, 6.45) is 1.10. The fourth-order valence-electron chi connectivity index (χ4n) is 2.17. The van der Waals surface area contributed by atoms with Gasteiger partial charge in [-0.3, -0.25) is 0 Å². The number of nitrogens with zero attached hydrogens (tertiary/aromatic N) is 2. The molecule has 1 unspecified atom stereocenters. The lowest BCUT2D eigenvalue weighted by molar-refractivity contribution is -0.0788. The van der Waals surface area contributed by atoms with Crippen molar-refractivity contribution >= 4 is 16.5 Å². The van der Waals surface area contributed by atoms with Gasteiger partial charge in [0, 0.05) is 25.0 Å². The molecule has 1 atom stereocenters. The maximum atomic E-state index is 5.92. The van der Waals surface area contributed by atoms with Gasteiger partial charge in [-0.05, 0) is 20.3 Å². The van der Waals surface area contributed by atoms with Crippen LogP contribution in [0.25, 0.3) is 0 Å². The van der Waals surface area contributed by atoms with E-state index >= 15 is 0 Å². The van der Waals surface area contributed by atoms with Gasteiger partial charge in [0.1, 0.15) is 0 Å². The Bertz CT molecular complexity index is 378. The second-order valence-corrected chi connectivity index (χ2v) is 5.93. The Morgan fingerprint density at radius 3 is 3.00 bits per heavy atom. The SMILES string of the molecule is CCc1csc(N2CC(CN)OC(C)(C)C2)n1. The van der Waals surface area contributed by atoms with Gasteiger partial charge < -0.3 is 15.4 Å². The van der Waals surface area contributed by atoms with Gasteiger partial charge in [-0.15, -0.1) is 11.3 Å². The first-order valence-electron chi connectivity index (χ1n) is 6.11. The lowest BCUT2D eigenvalue weighted by atomic mass is 10.1. The summed E-state index contributed by atoms with van der Waals surface area (Å²) in [4.78, 5) is 6.93. The molecule has 1 aromatic rings. The summed E-state index contributed by atoms with van der Waals surface area (Å²) in [5.74, 6) is 0. The Labute approximate surface area is 107 Å². The number of hydrogen-bond donors (Lipinski definition) is 1. The van der Waals surface area contributed by atoms with Crippen molar-refractivity contribution in [2.45, 2.75) is 38.9 Å². The molecule has 1 fully saturated rings. The summed E-state index contributed by atoms with van der Waals surface area (Å²) in [5.41, 5.74) is 6.74. The van der Waals surface area contributed by atoms with E-state index in [0.717, 1.165) is 24.6 Å². The van der Waals surface area contributed by atoms with E-state index in [1.54, 1.807) is 11.3 Å². The minimum Gasteiger partial charge on any atom is -0.367 e. The first-order chi connectivity index (χ1) is 8.04. The predicted octanol–water partition coefficient (Wildman–Crippen LogP) is 1.65. The molecule has 96 valence electrons. The fourth-order valence-corrected chi connectivity index (χ4v) is 3.09. The second-order valence-electron chi connectivity index (χ2n) is 5.09. The summed E-state index contributed by atoms with van der Waals surface area (Å²) in [6, 6.07) is 0. The lowest BCUT2D eigenvalue weighted by Gasteiger charge is -2.42. The molecule has 5 heteroatoms. The minimum absolute atomic E-state index is 0.104. The van der Waals surface area contributed by atoms with Gasteiger partial charge in [0.05, 0.1) is 17.4 Å². The topological polar surface area (TPSA) is 51.4 Å². The van der Waals surface area contributed by atoms with E-state index in [2.05, 4.69) is 36.0 Å². The lowest BCUT2D eigenvalue weighted by Crippen LogP contribution is -2.54. The number of nitrogens with two attached hydrogens (primary N) is 1. The molecule has 0 saturated carbocycles. The van der Waals surface area contributed by atoms with Gasteiger partial charge in [0.15, 0.2) is 5.13 Å². The number of aryl methyl sites for hydroxylation is 1. The Kier molecular flexibility index (Phi) is 3.70. The van der Waals surface area contributed by atoms with E-state index < -0.39 is 0 Å². The molecule has 1 aliphatic rings. The number of hydrogen-bond acceptors (Lipinski definition) is 5. The van der Waals surface area contributed by atoms with Crippen molar-refractivity contribution in [2.75, 3.05) is 24.5 Å². The maximum Gasteiger partial charge on any atom is 0.185 e. The van der Waals surface area contributed by atoms with E-state index in [1.165, 1.54) is 5.69 Å². The van der Waals surface area contributed by atoms with Crippen molar-refractivity contribution < 1.29 is 4.74 Å². The number of aromatic nitrogens is 1. The van der Waals surface area contributed by atoms with Crippen LogP contribution in [0.4, 0.5) is 5.13 Å². The third-order valence-corrected chi connectivity index (χ3v) is 3.87. The van der Waals surface area contributed by atoms with Crippen molar-refractivity contribution in [1.29, 1.82) is 0 Å². The Balaban J connectivity index is 2.14. The van der Waals surface area contributed by atoms with Gasteiger partial charge >= 0.3 is 0 Å². The van der Waals surface area contributed by atoms with Crippen molar-refractivity contribution in [3.8, 4) is 0 Å². The number of ether oxygens (including phenoxy) is 1. The third kappa shape index (κ3) is 2.97. The van der Waals surface area contributed by atoms with Gasteiger partial charge in [-0.25, -0.2) is 4.98 Å². The van der Waals surface area contributed by atoms with Gasteiger partial charge in [0.25, 0.3) is 0 Å². The van der Waals surface area contributed by atoms with Crippen LogP contribution in [-0.2, 0) is 11.2 Å². The molecule has 1 saturated heterocycles. The van der Waals surface area contributed by atoms with Crippen LogP contribution in [0.15, 0.2) is 5.38 Å². The summed E-state index contributed by atoms with van der Waals surface area (Å²) >= 11 is 1.71. The predicted molar refractivity (Wildman–Crippen MR) is 71.7 cm³/mol. The molecule has 0 bridgehead atoms. The van der Waals surface area contributed by atoms with Crippen molar-refractivity contribution in [3.05, 3.63) is 11.1 Å². The Hall–Kier alpha value is -0.650. The van der Waals surface area contributed by atoms with E-state index in [4.69, 9.17) is 10.5 Å². The zero-order valence-corrected chi connectivity index (χ0v) is 11.6. The van der Waals surface area contributed by atoms with Gasteiger partial charge in [0.2, 0.25) is 0 Å². The number of morpholine rings is 1. The highest BCUT2D eigenvalue weighted by atomic mass is 32.1. The smallest absolute Gasteiger partial charge is 0.185 e. The van der Waals surface area contributed by atoms with Crippen molar-refractivity contribution in [3.63, 3.8) is 0 Å². The largest absolute Gasteiger partial charge is 0.367 e. The van der Waals surface area contributed by atoms with Crippen molar-refractivity contribution in [2.24, 2.45) is 5.73 Å². The van der Waals surface area contributed by atoms with Crippen LogP contribution >= 0.6 is 11.3 Å². The van der Waals surface area contributed by atoms with Crippen LogP contribution in [0.5, 0.6) is 0 Å². The molecule has 0 spiro atoms. The molecule has 0 radical (unpaired) electrons. The first-order valence-corrected chi connectivity index (χ1v) is 6.99. The molecule has 1 aliphatic heterocycles. The van der Waals surface area contributed by atoms with Crippen LogP contribution < -0.4 is 10.6 Å². The second kappa shape index (κ2) is 4.92. The Morgan fingerprint density at radius 1 is 1.65 bits per heavy atom. The molecule has 2 N–H and O–H groups in total. The van der Waals surface area contributed by atoms with Crippen LogP contribution in [-0.4, -0.2) is 36.3 Å². The molecule has 0 aromatic carbocycles. The van der Waals surface area contributed by atoms with Crippen LogP contribution in [0, 0.1) is 0 Å². The van der Waals surface area contributed by atoms with Gasteiger partial charge in [-0.1, -0.05) is 6.92 Å². The van der Waals surface area contributed by atoms with E-state index in [1.807, 2.05) is 0 Å².